The van der Waals surface area contributed by atoms with Gasteiger partial charge in [0.2, 0.25) is 10.0 Å². The highest BCUT2D eigenvalue weighted by molar-refractivity contribution is 7.91. The van der Waals surface area contributed by atoms with Crippen molar-refractivity contribution in [2.75, 3.05) is 26.0 Å². The lowest BCUT2D eigenvalue weighted by atomic mass is 10.1. The van der Waals surface area contributed by atoms with Crippen molar-refractivity contribution in [2.45, 2.75) is 9.79 Å². The summed E-state index contributed by atoms with van der Waals surface area (Å²) in [6, 6.07) is 3.59. The summed E-state index contributed by atoms with van der Waals surface area (Å²) in [5.74, 6) is -0.0818. The minimum absolute atomic E-state index is 0.0233. The van der Waals surface area contributed by atoms with Gasteiger partial charge in [-0.15, -0.1) is 0 Å². The van der Waals surface area contributed by atoms with Gasteiger partial charge in [0.05, 0.1) is 9.92 Å². The van der Waals surface area contributed by atoms with E-state index in [2.05, 4.69) is 0 Å². The largest absolute Gasteiger partial charge is 0.396 e. The molecule has 1 aliphatic rings. The molecular formula is C11H14ClNO5S2. The van der Waals surface area contributed by atoms with Crippen molar-refractivity contribution in [1.29, 1.82) is 0 Å². The molecule has 1 aromatic rings. The van der Waals surface area contributed by atoms with Gasteiger partial charge in [-0.25, -0.2) is 16.8 Å². The molecule has 1 saturated heterocycles. The van der Waals surface area contributed by atoms with Crippen molar-refractivity contribution < 1.29 is 21.9 Å². The molecule has 9 heteroatoms. The third kappa shape index (κ3) is 2.84. The lowest BCUT2D eigenvalue weighted by Crippen LogP contribution is -2.51. The summed E-state index contributed by atoms with van der Waals surface area (Å²) in [5, 5.41) is 8.90. The van der Waals surface area contributed by atoms with Gasteiger partial charge in [0.1, 0.15) is 4.90 Å². The molecule has 0 spiro atoms. The predicted molar refractivity (Wildman–Crippen MR) is 73.9 cm³/mol. The fraction of sp³-hybridized carbons (Fsp3) is 0.455. The molecule has 0 bridgehead atoms. The van der Waals surface area contributed by atoms with Crippen LogP contribution in [-0.2, 0) is 19.9 Å². The molecule has 0 amide bonds. The summed E-state index contributed by atoms with van der Waals surface area (Å²) in [6.45, 7) is 0.333. The number of rotatable bonds is 4. The van der Waals surface area contributed by atoms with Gasteiger partial charge in [-0.2, -0.15) is 4.31 Å². The molecule has 0 radical (unpaired) electrons. The predicted octanol–water partition coefficient (Wildman–Crippen LogP) is 0.356. The van der Waals surface area contributed by atoms with Crippen LogP contribution in [0.15, 0.2) is 28.0 Å². The first-order valence-corrected chi connectivity index (χ1v) is 9.48. The molecule has 0 atom stereocenters. The van der Waals surface area contributed by atoms with E-state index in [4.69, 9.17) is 16.7 Å². The highest BCUT2D eigenvalue weighted by atomic mass is 35.5. The first-order valence-electron chi connectivity index (χ1n) is 5.77. The smallest absolute Gasteiger partial charge is 0.244 e. The van der Waals surface area contributed by atoms with Crippen LogP contribution in [0.4, 0.5) is 0 Å². The summed E-state index contributed by atoms with van der Waals surface area (Å²) in [7, 11) is -7.35. The Labute approximate surface area is 122 Å². The van der Waals surface area contributed by atoms with E-state index in [0.29, 0.717) is 0 Å². The highest BCUT2D eigenvalue weighted by Crippen LogP contribution is 2.31. The molecule has 1 heterocycles. The third-order valence-electron chi connectivity index (χ3n) is 3.13. The molecule has 1 aromatic carbocycles. The number of hydrogen-bond acceptors (Lipinski definition) is 5. The molecule has 0 saturated carbocycles. The average molecular weight is 340 g/mol. The zero-order valence-electron chi connectivity index (χ0n) is 10.7. The number of sulfonamides is 1. The Balaban J connectivity index is 2.42. The molecule has 20 heavy (non-hydrogen) atoms. The fourth-order valence-electron chi connectivity index (χ4n) is 1.89. The van der Waals surface area contributed by atoms with E-state index in [1.54, 1.807) is 0 Å². The van der Waals surface area contributed by atoms with E-state index in [1.807, 2.05) is 0 Å². The molecule has 1 fully saturated rings. The maximum Gasteiger partial charge on any atom is 0.244 e. The normalized spacial score (nSPS) is 17.9. The number of sulfone groups is 1. The molecule has 0 unspecified atom stereocenters. The van der Waals surface area contributed by atoms with Gasteiger partial charge >= 0.3 is 0 Å². The van der Waals surface area contributed by atoms with E-state index in [-0.39, 0.29) is 40.4 Å². The van der Waals surface area contributed by atoms with Crippen LogP contribution < -0.4 is 0 Å². The Bertz CT molecular complexity index is 723. The number of halogens is 1. The van der Waals surface area contributed by atoms with E-state index in [9.17, 15) is 16.8 Å². The van der Waals surface area contributed by atoms with Crippen LogP contribution in [-0.4, -0.2) is 52.2 Å². The Morgan fingerprint density at radius 1 is 1.30 bits per heavy atom. The zero-order valence-corrected chi connectivity index (χ0v) is 13.0. The lowest BCUT2D eigenvalue weighted by Gasteiger charge is -2.37. The minimum Gasteiger partial charge on any atom is -0.396 e. The summed E-state index contributed by atoms with van der Waals surface area (Å²) in [6.07, 6.45) is 0.998. The van der Waals surface area contributed by atoms with Crippen LogP contribution >= 0.6 is 11.6 Å². The van der Waals surface area contributed by atoms with Crippen LogP contribution in [0.5, 0.6) is 0 Å². The number of benzene rings is 1. The van der Waals surface area contributed by atoms with Crippen molar-refractivity contribution in [2.24, 2.45) is 5.92 Å². The first-order chi connectivity index (χ1) is 9.16. The second-order valence-corrected chi connectivity index (χ2v) is 9.06. The van der Waals surface area contributed by atoms with Crippen molar-refractivity contribution >= 4 is 31.5 Å². The van der Waals surface area contributed by atoms with Gasteiger partial charge in [0.25, 0.3) is 0 Å². The van der Waals surface area contributed by atoms with Crippen LogP contribution in [0, 0.1) is 5.92 Å². The fourth-order valence-corrected chi connectivity index (χ4v) is 4.70. The van der Waals surface area contributed by atoms with Gasteiger partial charge in [0.15, 0.2) is 9.84 Å². The van der Waals surface area contributed by atoms with Gasteiger partial charge in [-0.3, -0.25) is 0 Å². The number of hydrogen-bond donors (Lipinski definition) is 1. The Morgan fingerprint density at radius 2 is 1.90 bits per heavy atom. The van der Waals surface area contributed by atoms with Crippen LogP contribution in [0.25, 0.3) is 0 Å². The highest BCUT2D eigenvalue weighted by Gasteiger charge is 2.37. The molecule has 2 rings (SSSR count). The second-order valence-electron chi connectivity index (χ2n) is 4.74. The molecular weight excluding hydrogens is 326 g/mol. The zero-order chi connectivity index (χ0) is 15.1. The van der Waals surface area contributed by atoms with Crippen molar-refractivity contribution in [1.82, 2.24) is 4.31 Å². The molecule has 6 nitrogen and oxygen atoms in total. The standard InChI is InChI=1S/C11H14ClNO5S2/c1-19(15,16)9-2-3-10(12)11(4-9)20(17,18)13-5-8(6-13)7-14/h2-4,8,14H,5-7H2,1H3. The first kappa shape index (κ1) is 15.7. The summed E-state index contributed by atoms with van der Waals surface area (Å²) in [5.41, 5.74) is 0. The second kappa shape index (κ2) is 5.27. The molecule has 0 aliphatic carbocycles. The summed E-state index contributed by atoms with van der Waals surface area (Å²) < 4.78 is 48.8. The molecule has 1 aliphatic heterocycles. The lowest BCUT2D eigenvalue weighted by molar-refractivity contribution is 0.117. The average Bonchev–Trinajstić information content (AvgIpc) is 2.25. The van der Waals surface area contributed by atoms with Crippen molar-refractivity contribution in [3.63, 3.8) is 0 Å². The molecule has 1 N–H and O–H groups in total. The van der Waals surface area contributed by atoms with Crippen molar-refractivity contribution in [3.8, 4) is 0 Å². The Hall–Kier alpha value is -0.670. The Kier molecular flexibility index (Phi) is 4.14. The van der Waals surface area contributed by atoms with E-state index in [0.717, 1.165) is 12.3 Å². The number of nitrogens with zero attached hydrogens (tertiary/aromatic N) is 1. The molecule has 0 aromatic heterocycles. The minimum atomic E-state index is -3.83. The van der Waals surface area contributed by atoms with Crippen LogP contribution in [0.2, 0.25) is 5.02 Å². The van der Waals surface area contributed by atoms with Gasteiger partial charge < -0.3 is 5.11 Å². The maximum atomic E-state index is 12.3. The van der Waals surface area contributed by atoms with Gasteiger partial charge in [0, 0.05) is 31.9 Å². The van der Waals surface area contributed by atoms with E-state index in [1.165, 1.54) is 16.4 Å². The van der Waals surface area contributed by atoms with E-state index < -0.39 is 19.9 Å². The quantitative estimate of drug-likeness (QED) is 0.855. The Morgan fingerprint density at radius 3 is 2.40 bits per heavy atom. The van der Waals surface area contributed by atoms with Crippen molar-refractivity contribution in [3.05, 3.63) is 23.2 Å². The van der Waals surface area contributed by atoms with Crippen LogP contribution in [0.1, 0.15) is 0 Å². The van der Waals surface area contributed by atoms with Crippen LogP contribution in [0.3, 0.4) is 0 Å². The third-order valence-corrected chi connectivity index (χ3v) is 6.55. The van der Waals surface area contributed by atoms with Gasteiger partial charge in [-0.1, -0.05) is 11.6 Å². The van der Waals surface area contributed by atoms with E-state index >= 15 is 0 Å². The number of aliphatic hydroxyl groups is 1. The SMILES string of the molecule is CS(=O)(=O)c1ccc(Cl)c(S(=O)(=O)N2CC(CO)C2)c1. The summed E-state index contributed by atoms with van der Waals surface area (Å²) >= 11 is 5.88. The topological polar surface area (TPSA) is 91.8 Å². The maximum absolute atomic E-state index is 12.3. The van der Waals surface area contributed by atoms with Gasteiger partial charge in [-0.05, 0) is 18.2 Å². The number of aliphatic hydroxyl groups excluding tert-OH is 1. The monoisotopic (exact) mass is 339 g/mol. The summed E-state index contributed by atoms with van der Waals surface area (Å²) in [4.78, 5) is -0.321. The molecule has 112 valence electrons.